The molecule has 13 heavy (non-hydrogen) atoms. The zero-order chi connectivity index (χ0) is 9.90. The van der Waals surface area contributed by atoms with Crippen molar-refractivity contribution in [2.45, 2.75) is 24.8 Å². The van der Waals surface area contributed by atoms with Crippen molar-refractivity contribution in [1.82, 2.24) is 5.32 Å². The number of methoxy groups -OCH3 is 1. The topological polar surface area (TPSA) is 75.6 Å². The van der Waals surface area contributed by atoms with Crippen LogP contribution >= 0.6 is 0 Å². The Labute approximate surface area is 76.1 Å². The van der Waals surface area contributed by atoms with Gasteiger partial charge in [0.15, 0.2) is 0 Å². The maximum absolute atomic E-state index is 11.0. The number of esters is 1. The van der Waals surface area contributed by atoms with E-state index in [1.807, 2.05) is 0 Å². The van der Waals surface area contributed by atoms with E-state index in [1.54, 1.807) is 0 Å². The lowest BCUT2D eigenvalue weighted by Gasteiger charge is -2.22. The Hall–Kier alpha value is -1.10. The maximum atomic E-state index is 11.0. The van der Waals surface area contributed by atoms with Crippen LogP contribution in [0.1, 0.15) is 19.3 Å². The number of carbonyl (C=O) groups excluding carboxylic acids is 1. The summed E-state index contributed by atoms with van der Waals surface area (Å²) in [5, 5.41) is 11.8. The smallest absolute Gasteiger partial charge is 0.324 e. The first kappa shape index (κ1) is 9.98. The summed E-state index contributed by atoms with van der Waals surface area (Å²) in [7, 11) is 1.26. The predicted molar refractivity (Wildman–Crippen MR) is 44.2 cm³/mol. The number of aliphatic carboxylic acids is 1. The molecule has 0 amide bonds. The quantitative estimate of drug-likeness (QED) is 0.596. The van der Waals surface area contributed by atoms with E-state index < -0.39 is 17.5 Å². The van der Waals surface area contributed by atoms with E-state index in [4.69, 9.17) is 5.11 Å². The van der Waals surface area contributed by atoms with Gasteiger partial charge < -0.3 is 15.2 Å². The van der Waals surface area contributed by atoms with E-state index >= 15 is 0 Å². The van der Waals surface area contributed by atoms with Crippen LogP contribution < -0.4 is 5.32 Å². The molecular formula is C8H13NO4. The number of carboxylic acid groups (broad SMARTS) is 1. The Morgan fingerprint density at radius 3 is 2.69 bits per heavy atom. The van der Waals surface area contributed by atoms with Gasteiger partial charge in [0, 0.05) is 0 Å². The Morgan fingerprint density at radius 2 is 2.31 bits per heavy atom. The van der Waals surface area contributed by atoms with E-state index in [-0.39, 0.29) is 6.42 Å². The lowest BCUT2D eigenvalue weighted by molar-refractivity contribution is -0.152. The van der Waals surface area contributed by atoms with Gasteiger partial charge in [0.2, 0.25) is 0 Å². The summed E-state index contributed by atoms with van der Waals surface area (Å²) in [6.45, 7) is 0.642. The van der Waals surface area contributed by atoms with Crippen LogP contribution in [0.3, 0.4) is 0 Å². The van der Waals surface area contributed by atoms with Crippen molar-refractivity contribution in [2.24, 2.45) is 0 Å². The zero-order valence-electron chi connectivity index (χ0n) is 7.50. The molecule has 0 spiro atoms. The van der Waals surface area contributed by atoms with Crippen molar-refractivity contribution in [3.8, 4) is 0 Å². The summed E-state index contributed by atoms with van der Waals surface area (Å²) in [5.41, 5.74) is -1.09. The van der Waals surface area contributed by atoms with E-state index in [0.29, 0.717) is 13.0 Å². The highest BCUT2D eigenvalue weighted by Crippen LogP contribution is 2.23. The summed E-state index contributed by atoms with van der Waals surface area (Å²) >= 11 is 0. The molecule has 0 aliphatic carbocycles. The molecule has 5 nitrogen and oxygen atoms in total. The summed E-state index contributed by atoms with van der Waals surface area (Å²) in [5.74, 6) is -1.47. The van der Waals surface area contributed by atoms with Crippen molar-refractivity contribution < 1.29 is 19.4 Å². The fraction of sp³-hybridized carbons (Fsp3) is 0.750. The average Bonchev–Trinajstić information content (AvgIpc) is 2.54. The van der Waals surface area contributed by atoms with Gasteiger partial charge in [-0.05, 0) is 19.4 Å². The molecule has 1 aliphatic heterocycles. The summed E-state index contributed by atoms with van der Waals surface area (Å²) in [6, 6.07) is 0. The summed E-state index contributed by atoms with van der Waals surface area (Å²) < 4.78 is 4.45. The molecule has 0 bridgehead atoms. The minimum atomic E-state index is -1.09. The fourth-order valence-corrected chi connectivity index (χ4v) is 1.53. The minimum Gasteiger partial charge on any atom is -0.480 e. The van der Waals surface area contributed by atoms with Crippen molar-refractivity contribution >= 4 is 11.9 Å². The van der Waals surface area contributed by atoms with Gasteiger partial charge in [-0.25, -0.2) is 0 Å². The van der Waals surface area contributed by atoms with Gasteiger partial charge in [-0.2, -0.15) is 0 Å². The van der Waals surface area contributed by atoms with E-state index in [9.17, 15) is 9.59 Å². The van der Waals surface area contributed by atoms with Crippen LogP contribution in [0.4, 0.5) is 0 Å². The first-order chi connectivity index (χ1) is 6.10. The van der Waals surface area contributed by atoms with Crippen molar-refractivity contribution in [3.63, 3.8) is 0 Å². The molecule has 0 radical (unpaired) electrons. The number of hydrogen-bond acceptors (Lipinski definition) is 4. The molecule has 0 aromatic heterocycles. The van der Waals surface area contributed by atoms with E-state index in [0.717, 1.165) is 6.42 Å². The fourth-order valence-electron chi connectivity index (χ4n) is 1.53. The van der Waals surface area contributed by atoms with Gasteiger partial charge in [0.25, 0.3) is 0 Å². The van der Waals surface area contributed by atoms with Crippen molar-refractivity contribution in [2.75, 3.05) is 13.7 Å². The lowest BCUT2D eigenvalue weighted by Crippen LogP contribution is -2.49. The number of carbonyl (C=O) groups is 2. The SMILES string of the molecule is COC(=O)C[C@@]1(C(=O)O)CCCN1. The lowest BCUT2D eigenvalue weighted by atomic mass is 9.94. The highest BCUT2D eigenvalue weighted by molar-refractivity contribution is 5.86. The number of hydrogen-bond donors (Lipinski definition) is 2. The second-order valence-electron chi connectivity index (χ2n) is 3.17. The zero-order valence-corrected chi connectivity index (χ0v) is 7.50. The van der Waals surface area contributed by atoms with Gasteiger partial charge in [-0.3, -0.25) is 9.59 Å². The predicted octanol–water partition coefficient (Wildman–Crippen LogP) is -0.244. The van der Waals surface area contributed by atoms with Crippen LogP contribution in [0.25, 0.3) is 0 Å². The Bertz CT molecular complexity index is 220. The monoisotopic (exact) mass is 187 g/mol. The molecule has 0 saturated carbocycles. The molecule has 74 valence electrons. The van der Waals surface area contributed by atoms with Crippen LogP contribution in [0.15, 0.2) is 0 Å². The number of rotatable bonds is 3. The number of carboxylic acids is 1. The molecule has 1 fully saturated rings. The van der Waals surface area contributed by atoms with Gasteiger partial charge in [-0.1, -0.05) is 0 Å². The molecule has 0 unspecified atom stereocenters. The molecule has 1 heterocycles. The van der Waals surface area contributed by atoms with Crippen LogP contribution in [0.5, 0.6) is 0 Å². The Balaban J connectivity index is 2.68. The van der Waals surface area contributed by atoms with Crippen LogP contribution in [-0.4, -0.2) is 36.2 Å². The first-order valence-electron chi connectivity index (χ1n) is 4.16. The second-order valence-corrected chi connectivity index (χ2v) is 3.17. The number of ether oxygens (including phenoxy) is 1. The highest BCUT2D eigenvalue weighted by Gasteiger charge is 2.43. The Morgan fingerprint density at radius 1 is 1.62 bits per heavy atom. The average molecular weight is 187 g/mol. The van der Waals surface area contributed by atoms with Crippen molar-refractivity contribution in [3.05, 3.63) is 0 Å². The molecule has 0 aromatic carbocycles. The van der Waals surface area contributed by atoms with Gasteiger partial charge in [0.05, 0.1) is 13.5 Å². The van der Waals surface area contributed by atoms with Crippen molar-refractivity contribution in [1.29, 1.82) is 0 Å². The van der Waals surface area contributed by atoms with Crippen LogP contribution in [0.2, 0.25) is 0 Å². The van der Waals surface area contributed by atoms with E-state index in [1.165, 1.54) is 7.11 Å². The van der Waals surface area contributed by atoms with Gasteiger partial charge in [0.1, 0.15) is 5.54 Å². The molecular weight excluding hydrogens is 174 g/mol. The third-order valence-electron chi connectivity index (χ3n) is 2.33. The third kappa shape index (κ3) is 1.98. The summed E-state index contributed by atoms with van der Waals surface area (Å²) in [6.07, 6.45) is 1.17. The maximum Gasteiger partial charge on any atom is 0.324 e. The summed E-state index contributed by atoms with van der Waals surface area (Å²) in [4.78, 5) is 21.9. The Kier molecular flexibility index (Phi) is 2.87. The molecule has 0 aromatic rings. The number of nitrogens with one attached hydrogen (secondary N) is 1. The van der Waals surface area contributed by atoms with Gasteiger partial charge >= 0.3 is 11.9 Å². The standard InChI is InChI=1S/C8H13NO4/c1-13-6(10)5-8(7(11)12)3-2-4-9-8/h9H,2-5H2,1H3,(H,11,12)/t8-/m1/s1. The normalized spacial score (nSPS) is 27.2. The molecule has 2 N–H and O–H groups in total. The first-order valence-corrected chi connectivity index (χ1v) is 4.16. The molecule has 5 heteroatoms. The molecule has 1 rings (SSSR count). The second kappa shape index (κ2) is 3.74. The largest absolute Gasteiger partial charge is 0.480 e. The van der Waals surface area contributed by atoms with Gasteiger partial charge in [-0.15, -0.1) is 0 Å². The highest BCUT2D eigenvalue weighted by atomic mass is 16.5. The van der Waals surface area contributed by atoms with Crippen LogP contribution in [-0.2, 0) is 14.3 Å². The van der Waals surface area contributed by atoms with Crippen LogP contribution in [0, 0.1) is 0 Å². The molecule has 1 atom stereocenters. The molecule has 1 saturated heterocycles. The minimum absolute atomic E-state index is 0.0984. The van der Waals surface area contributed by atoms with E-state index in [2.05, 4.69) is 10.1 Å². The molecule has 1 aliphatic rings. The third-order valence-corrected chi connectivity index (χ3v) is 2.33.